The predicted octanol–water partition coefficient (Wildman–Crippen LogP) is 2.23. The number of benzene rings is 1. The van der Waals surface area contributed by atoms with Crippen LogP contribution in [0.4, 0.5) is 22.0 Å². The number of Topliss-reactive ketones (excluding diaryl/α,β-unsaturated/α-hetero) is 1. The summed E-state index contributed by atoms with van der Waals surface area (Å²) in [5.74, 6) is -15.7. The Morgan fingerprint density at radius 1 is 0.833 bits per heavy atom. The third-order valence-corrected chi connectivity index (χ3v) is 1.98. The molecule has 3 nitrogen and oxygen atoms in total. The zero-order valence-electron chi connectivity index (χ0n) is 8.27. The van der Waals surface area contributed by atoms with E-state index in [0.717, 1.165) is 12.1 Å². The standard InChI is InChI=1S/C10HF5N2O/c11-5-4(10(18)3(1-16)2-17)6(12)8(14)9(15)7(5)13/h3H. The molecule has 0 aliphatic carbocycles. The average molecular weight is 260 g/mol. The van der Waals surface area contributed by atoms with Gasteiger partial charge in [-0.25, -0.2) is 22.0 Å². The van der Waals surface area contributed by atoms with Gasteiger partial charge in [0.15, 0.2) is 35.0 Å². The summed E-state index contributed by atoms with van der Waals surface area (Å²) < 4.78 is 64.4. The Morgan fingerprint density at radius 2 is 1.17 bits per heavy atom. The van der Waals surface area contributed by atoms with Crippen LogP contribution < -0.4 is 0 Å². The second-order valence-electron chi connectivity index (χ2n) is 3.00. The van der Waals surface area contributed by atoms with Crippen molar-refractivity contribution in [2.75, 3.05) is 0 Å². The van der Waals surface area contributed by atoms with Crippen molar-refractivity contribution in [2.24, 2.45) is 5.92 Å². The number of carbonyl (C=O) groups is 1. The molecule has 0 saturated heterocycles. The second kappa shape index (κ2) is 4.80. The van der Waals surface area contributed by atoms with Crippen molar-refractivity contribution in [1.29, 1.82) is 10.5 Å². The van der Waals surface area contributed by atoms with Gasteiger partial charge in [0.2, 0.25) is 5.82 Å². The second-order valence-corrected chi connectivity index (χ2v) is 3.00. The summed E-state index contributed by atoms with van der Waals surface area (Å²) >= 11 is 0. The van der Waals surface area contributed by atoms with E-state index < -0.39 is 46.4 Å². The summed E-state index contributed by atoms with van der Waals surface area (Å²) in [6.07, 6.45) is 0. The number of rotatable bonds is 2. The summed E-state index contributed by atoms with van der Waals surface area (Å²) in [4.78, 5) is 11.3. The van der Waals surface area contributed by atoms with Crippen LogP contribution in [0.25, 0.3) is 0 Å². The van der Waals surface area contributed by atoms with Crippen molar-refractivity contribution >= 4 is 5.78 Å². The normalized spacial score (nSPS) is 10.0. The molecule has 0 heterocycles. The Labute approximate surface area is 96.7 Å². The largest absolute Gasteiger partial charge is 0.291 e. The van der Waals surface area contributed by atoms with E-state index >= 15 is 0 Å². The van der Waals surface area contributed by atoms with Crippen LogP contribution >= 0.6 is 0 Å². The Hall–Kier alpha value is -2.48. The third-order valence-electron chi connectivity index (χ3n) is 1.98. The molecule has 92 valence electrons. The minimum absolute atomic E-state index is 1.08. The van der Waals surface area contributed by atoms with E-state index in [-0.39, 0.29) is 0 Å². The minimum Gasteiger partial charge on any atom is -0.291 e. The zero-order valence-corrected chi connectivity index (χ0v) is 8.27. The molecule has 0 aromatic heterocycles. The molecular formula is C10HF5N2O. The molecule has 0 spiro atoms. The number of carbonyl (C=O) groups excluding carboxylic acids is 1. The molecule has 0 N–H and O–H groups in total. The molecule has 0 radical (unpaired) electrons. The maximum Gasteiger partial charge on any atom is 0.200 e. The van der Waals surface area contributed by atoms with Crippen molar-refractivity contribution in [3.8, 4) is 12.1 Å². The molecular weight excluding hydrogens is 259 g/mol. The molecule has 0 saturated carbocycles. The van der Waals surface area contributed by atoms with Gasteiger partial charge in [0.05, 0.1) is 17.7 Å². The lowest BCUT2D eigenvalue weighted by Crippen LogP contribution is -2.18. The van der Waals surface area contributed by atoms with Gasteiger partial charge in [0.25, 0.3) is 0 Å². The van der Waals surface area contributed by atoms with E-state index in [9.17, 15) is 26.7 Å². The summed E-state index contributed by atoms with van der Waals surface area (Å²) in [7, 11) is 0. The number of halogens is 5. The van der Waals surface area contributed by atoms with Crippen molar-refractivity contribution < 1.29 is 26.7 Å². The molecule has 8 heteroatoms. The topological polar surface area (TPSA) is 64.7 Å². The predicted molar refractivity (Wildman–Crippen MR) is 45.3 cm³/mol. The smallest absolute Gasteiger partial charge is 0.200 e. The maximum atomic E-state index is 13.1. The fraction of sp³-hybridized carbons (Fsp3) is 0.100. The van der Waals surface area contributed by atoms with Crippen LogP contribution in [0.1, 0.15) is 10.4 Å². The highest BCUT2D eigenvalue weighted by atomic mass is 19.2. The number of hydrogen-bond donors (Lipinski definition) is 0. The van der Waals surface area contributed by atoms with E-state index in [1.54, 1.807) is 0 Å². The van der Waals surface area contributed by atoms with Gasteiger partial charge in [-0.1, -0.05) is 0 Å². The molecule has 0 fully saturated rings. The van der Waals surface area contributed by atoms with E-state index in [1.807, 2.05) is 0 Å². The monoisotopic (exact) mass is 260 g/mol. The summed E-state index contributed by atoms with van der Waals surface area (Å²) in [5, 5.41) is 16.7. The first kappa shape index (κ1) is 13.6. The third kappa shape index (κ3) is 1.89. The van der Waals surface area contributed by atoms with Crippen molar-refractivity contribution in [3.05, 3.63) is 34.6 Å². The van der Waals surface area contributed by atoms with Crippen molar-refractivity contribution in [3.63, 3.8) is 0 Å². The quantitative estimate of drug-likeness (QED) is 0.354. The molecule has 0 bridgehead atoms. The fourth-order valence-electron chi connectivity index (χ4n) is 1.11. The van der Waals surface area contributed by atoms with E-state index in [2.05, 4.69) is 0 Å². The van der Waals surface area contributed by atoms with Gasteiger partial charge in [-0.3, -0.25) is 4.79 Å². The zero-order chi connectivity index (χ0) is 14.0. The van der Waals surface area contributed by atoms with Gasteiger partial charge in [-0.05, 0) is 0 Å². The Bertz CT molecular complexity index is 571. The van der Waals surface area contributed by atoms with Gasteiger partial charge >= 0.3 is 0 Å². The highest BCUT2D eigenvalue weighted by molar-refractivity contribution is 6.01. The lowest BCUT2D eigenvalue weighted by atomic mass is 9.98. The van der Waals surface area contributed by atoms with Crippen LogP contribution in [0.15, 0.2) is 0 Å². The van der Waals surface area contributed by atoms with E-state index in [0.29, 0.717) is 0 Å². The molecule has 0 unspecified atom stereocenters. The highest BCUT2D eigenvalue weighted by Crippen LogP contribution is 2.24. The number of ketones is 1. The van der Waals surface area contributed by atoms with Crippen molar-refractivity contribution in [1.82, 2.24) is 0 Å². The Kier molecular flexibility index (Phi) is 3.62. The van der Waals surface area contributed by atoms with Crippen molar-refractivity contribution in [2.45, 2.75) is 0 Å². The van der Waals surface area contributed by atoms with E-state index in [4.69, 9.17) is 10.5 Å². The summed E-state index contributed by atoms with van der Waals surface area (Å²) in [6, 6.07) is 2.15. The first-order valence-corrected chi connectivity index (χ1v) is 4.21. The van der Waals surface area contributed by atoms with Crippen LogP contribution in [0.2, 0.25) is 0 Å². The number of nitriles is 2. The highest BCUT2D eigenvalue weighted by Gasteiger charge is 2.33. The molecule has 0 amide bonds. The van der Waals surface area contributed by atoms with Gasteiger partial charge in [0.1, 0.15) is 0 Å². The Morgan fingerprint density at radius 3 is 1.50 bits per heavy atom. The van der Waals surface area contributed by atoms with Crippen LogP contribution in [-0.4, -0.2) is 5.78 Å². The lowest BCUT2D eigenvalue weighted by Gasteiger charge is -2.07. The van der Waals surface area contributed by atoms with Gasteiger partial charge in [-0.2, -0.15) is 10.5 Å². The van der Waals surface area contributed by atoms with Crippen LogP contribution in [0, 0.1) is 57.7 Å². The van der Waals surface area contributed by atoms with E-state index in [1.165, 1.54) is 0 Å². The number of hydrogen-bond acceptors (Lipinski definition) is 3. The molecule has 0 aliphatic rings. The SMILES string of the molecule is N#CC(C#N)C(=O)c1c(F)c(F)c(F)c(F)c1F. The number of nitrogens with zero attached hydrogens (tertiary/aromatic N) is 2. The Balaban J connectivity index is 3.59. The van der Waals surface area contributed by atoms with Crippen LogP contribution in [0.3, 0.4) is 0 Å². The molecule has 18 heavy (non-hydrogen) atoms. The van der Waals surface area contributed by atoms with Gasteiger partial charge < -0.3 is 0 Å². The molecule has 1 rings (SSSR count). The first-order chi connectivity index (χ1) is 8.36. The van der Waals surface area contributed by atoms with Crippen LogP contribution in [0.5, 0.6) is 0 Å². The minimum atomic E-state index is -2.42. The average Bonchev–Trinajstić information content (AvgIpc) is 2.36. The summed E-state index contributed by atoms with van der Waals surface area (Å²) in [5.41, 5.74) is -1.79. The summed E-state index contributed by atoms with van der Waals surface area (Å²) in [6.45, 7) is 0. The van der Waals surface area contributed by atoms with Gasteiger partial charge in [-0.15, -0.1) is 0 Å². The van der Waals surface area contributed by atoms with Gasteiger partial charge in [0, 0.05) is 0 Å². The lowest BCUT2D eigenvalue weighted by molar-refractivity contribution is 0.0959. The first-order valence-electron chi connectivity index (χ1n) is 4.21. The molecule has 1 aromatic rings. The molecule has 0 atom stereocenters. The molecule has 0 aliphatic heterocycles. The van der Waals surface area contributed by atoms with Crippen LogP contribution in [-0.2, 0) is 0 Å². The molecule has 1 aromatic carbocycles. The maximum absolute atomic E-state index is 13.1. The fourth-order valence-corrected chi connectivity index (χ4v) is 1.11.